The van der Waals surface area contributed by atoms with Crippen LogP contribution in [0.4, 0.5) is 0 Å². The van der Waals surface area contributed by atoms with Crippen LogP contribution in [0.2, 0.25) is 0 Å². The van der Waals surface area contributed by atoms with Crippen molar-refractivity contribution in [1.82, 2.24) is 4.31 Å². The Morgan fingerprint density at radius 2 is 2.25 bits per heavy atom. The molecule has 0 unspecified atom stereocenters. The lowest BCUT2D eigenvalue weighted by atomic mass is 10.3. The molecule has 1 aromatic rings. The summed E-state index contributed by atoms with van der Waals surface area (Å²) >= 11 is 1.32. The molecular formula is C10H15NO3S2. The van der Waals surface area contributed by atoms with E-state index < -0.39 is 10.0 Å². The smallest absolute Gasteiger partial charge is 0.252 e. The van der Waals surface area contributed by atoms with Gasteiger partial charge in [0.1, 0.15) is 4.21 Å². The molecule has 0 aromatic carbocycles. The molecule has 1 aliphatic rings. The third-order valence-corrected chi connectivity index (χ3v) is 6.07. The monoisotopic (exact) mass is 261 g/mol. The van der Waals surface area contributed by atoms with Crippen molar-refractivity contribution in [3.05, 3.63) is 17.0 Å². The number of morpholine rings is 1. The van der Waals surface area contributed by atoms with E-state index in [0.717, 1.165) is 4.88 Å². The third kappa shape index (κ3) is 2.15. The Bertz CT molecular complexity index is 466. The summed E-state index contributed by atoms with van der Waals surface area (Å²) in [5.74, 6) is 0. The second kappa shape index (κ2) is 4.44. The van der Waals surface area contributed by atoms with E-state index in [1.54, 1.807) is 6.07 Å². The van der Waals surface area contributed by atoms with Crippen molar-refractivity contribution in [2.75, 3.05) is 19.8 Å². The molecule has 1 aromatic heterocycles. The summed E-state index contributed by atoms with van der Waals surface area (Å²) in [6.45, 7) is 5.18. The van der Waals surface area contributed by atoms with Crippen molar-refractivity contribution >= 4 is 21.4 Å². The molecule has 90 valence electrons. The van der Waals surface area contributed by atoms with Crippen LogP contribution < -0.4 is 0 Å². The normalized spacial score (nSPS) is 23.5. The molecule has 0 amide bonds. The molecule has 2 heterocycles. The van der Waals surface area contributed by atoms with Crippen molar-refractivity contribution in [2.45, 2.75) is 24.1 Å². The predicted octanol–water partition coefficient (Wildman–Crippen LogP) is 1.47. The van der Waals surface area contributed by atoms with E-state index >= 15 is 0 Å². The highest BCUT2D eigenvalue weighted by Crippen LogP contribution is 2.26. The Balaban J connectivity index is 2.31. The van der Waals surface area contributed by atoms with Crippen LogP contribution in [0, 0.1) is 6.92 Å². The van der Waals surface area contributed by atoms with E-state index in [1.165, 1.54) is 15.6 Å². The van der Waals surface area contributed by atoms with Crippen LogP contribution in [-0.2, 0) is 14.8 Å². The van der Waals surface area contributed by atoms with Gasteiger partial charge in [-0.05, 0) is 26.0 Å². The second-order valence-corrected chi connectivity index (χ2v) is 7.31. The maximum Gasteiger partial charge on any atom is 0.252 e. The average Bonchev–Trinajstić information content (AvgIpc) is 2.66. The Morgan fingerprint density at radius 3 is 2.81 bits per heavy atom. The van der Waals surface area contributed by atoms with Crippen molar-refractivity contribution in [3.63, 3.8) is 0 Å². The highest BCUT2D eigenvalue weighted by atomic mass is 32.2. The first-order chi connectivity index (χ1) is 7.51. The Labute approximate surface area is 99.9 Å². The number of sulfonamides is 1. The van der Waals surface area contributed by atoms with E-state index in [9.17, 15) is 8.42 Å². The fraction of sp³-hybridized carbons (Fsp3) is 0.600. The van der Waals surface area contributed by atoms with Gasteiger partial charge >= 0.3 is 0 Å². The molecule has 6 heteroatoms. The van der Waals surface area contributed by atoms with Gasteiger partial charge in [-0.2, -0.15) is 4.31 Å². The fourth-order valence-corrected chi connectivity index (χ4v) is 4.75. The molecule has 0 saturated carbocycles. The minimum absolute atomic E-state index is 0.0823. The zero-order valence-corrected chi connectivity index (χ0v) is 11.0. The molecule has 0 radical (unpaired) electrons. The minimum atomic E-state index is -3.32. The van der Waals surface area contributed by atoms with Crippen molar-refractivity contribution in [3.8, 4) is 0 Å². The number of ether oxygens (including phenoxy) is 1. The van der Waals surface area contributed by atoms with Gasteiger partial charge in [0, 0.05) is 17.5 Å². The molecule has 0 N–H and O–H groups in total. The SMILES string of the molecule is Cc1ccc(S(=O)(=O)N2CCOC[C@@H]2C)s1. The van der Waals surface area contributed by atoms with E-state index in [2.05, 4.69) is 0 Å². The molecule has 0 bridgehead atoms. The van der Waals surface area contributed by atoms with Crippen LogP contribution in [-0.4, -0.2) is 38.5 Å². The minimum Gasteiger partial charge on any atom is -0.378 e. The molecule has 4 nitrogen and oxygen atoms in total. The molecule has 1 saturated heterocycles. The van der Waals surface area contributed by atoms with E-state index in [-0.39, 0.29) is 6.04 Å². The highest BCUT2D eigenvalue weighted by molar-refractivity contribution is 7.91. The van der Waals surface area contributed by atoms with Gasteiger partial charge in [-0.25, -0.2) is 8.42 Å². The maximum absolute atomic E-state index is 12.3. The zero-order chi connectivity index (χ0) is 11.8. The fourth-order valence-electron chi connectivity index (χ4n) is 1.74. The maximum atomic E-state index is 12.3. The standard InChI is InChI=1S/C10H15NO3S2/c1-8-7-14-6-5-11(8)16(12,13)10-4-3-9(2)15-10/h3-4,8H,5-7H2,1-2H3/t8-/m0/s1. The number of nitrogens with zero attached hydrogens (tertiary/aromatic N) is 1. The van der Waals surface area contributed by atoms with Crippen LogP contribution in [0.15, 0.2) is 16.3 Å². The molecule has 2 rings (SSSR count). The van der Waals surface area contributed by atoms with Crippen LogP contribution in [0.3, 0.4) is 0 Å². The number of thiophene rings is 1. The summed E-state index contributed by atoms with van der Waals surface area (Å²) in [5.41, 5.74) is 0. The summed E-state index contributed by atoms with van der Waals surface area (Å²) in [5, 5.41) is 0. The molecule has 1 fully saturated rings. The van der Waals surface area contributed by atoms with Gasteiger partial charge in [0.15, 0.2) is 0 Å². The van der Waals surface area contributed by atoms with Crippen LogP contribution in [0.25, 0.3) is 0 Å². The van der Waals surface area contributed by atoms with Gasteiger partial charge in [0.25, 0.3) is 10.0 Å². The van der Waals surface area contributed by atoms with Gasteiger partial charge < -0.3 is 4.74 Å². The lowest BCUT2D eigenvalue weighted by Gasteiger charge is -2.31. The quantitative estimate of drug-likeness (QED) is 0.810. The Hall–Kier alpha value is -0.430. The van der Waals surface area contributed by atoms with Gasteiger partial charge in [-0.15, -0.1) is 11.3 Å². The van der Waals surface area contributed by atoms with Gasteiger partial charge in [-0.3, -0.25) is 0 Å². The van der Waals surface area contributed by atoms with E-state index in [4.69, 9.17) is 4.74 Å². The molecule has 1 atom stereocenters. The Kier molecular flexibility index (Phi) is 3.34. The van der Waals surface area contributed by atoms with E-state index in [0.29, 0.717) is 24.0 Å². The number of rotatable bonds is 2. The van der Waals surface area contributed by atoms with Crippen LogP contribution in [0.1, 0.15) is 11.8 Å². The van der Waals surface area contributed by atoms with Gasteiger partial charge in [-0.1, -0.05) is 0 Å². The predicted molar refractivity (Wildman–Crippen MR) is 63.2 cm³/mol. The van der Waals surface area contributed by atoms with Crippen molar-refractivity contribution < 1.29 is 13.2 Å². The molecule has 0 aliphatic carbocycles. The summed E-state index contributed by atoms with van der Waals surface area (Å²) in [7, 11) is -3.32. The first kappa shape index (κ1) is 12.0. The zero-order valence-electron chi connectivity index (χ0n) is 9.34. The lowest BCUT2D eigenvalue weighted by Crippen LogP contribution is -2.46. The number of hydrogen-bond acceptors (Lipinski definition) is 4. The largest absolute Gasteiger partial charge is 0.378 e. The lowest BCUT2D eigenvalue weighted by molar-refractivity contribution is 0.0393. The summed E-state index contributed by atoms with van der Waals surface area (Å²) in [6.07, 6.45) is 0. The molecule has 1 aliphatic heterocycles. The van der Waals surface area contributed by atoms with Crippen molar-refractivity contribution in [1.29, 1.82) is 0 Å². The summed E-state index contributed by atoms with van der Waals surface area (Å²) in [4.78, 5) is 1.01. The van der Waals surface area contributed by atoms with E-state index in [1.807, 2.05) is 19.9 Å². The summed E-state index contributed by atoms with van der Waals surface area (Å²) < 4.78 is 31.8. The van der Waals surface area contributed by atoms with Crippen LogP contribution in [0.5, 0.6) is 0 Å². The van der Waals surface area contributed by atoms with Gasteiger partial charge in [0.2, 0.25) is 0 Å². The first-order valence-electron chi connectivity index (χ1n) is 5.18. The topological polar surface area (TPSA) is 46.6 Å². The average molecular weight is 261 g/mol. The molecule has 16 heavy (non-hydrogen) atoms. The third-order valence-electron chi connectivity index (χ3n) is 2.59. The molecular weight excluding hydrogens is 246 g/mol. The highest BCUT2D eigenvalue weighted by Gasteiger charge is 2.32. The van der Waals surface area contributed by atoms with Gasteiger partial charge in [0.05, 0.1) is 13.2 Å². The van der Waals surface area contributed by atoms with Crippen molar-refractivity contribution in [2.24, 2.45) is 0 Å². The number of aryl methyl sites for hydroxylation is 1. The second-order valence-electron chi connectivity index (χ2n) is 3.90. The van der Waals surface area contributed by atoms with Crippen LogP contribution >= 0.6 is 11.3 Å². The molecule has 0 spiro atoms. The number of hydrogen-bond donors (Lipinski definition) is 0. The Morgan fingerprint density at radius 1 is 1.50 bits per heavy atom. The first-order valence-corrected chi connectivity index (χ1v) is 7.43. The summed E-state index contributed by atoms with van der Waals surface area (Å²) in [6, 6.07) is 3.43.